The molecule has 4 nitrogen and oxygen atoms in total. The lowest BCUT2D eigenvalue weighted by Gasteiger charge is -2.14. The lowest BCUT2D eigenvalue weighted by Crippen LogP contribution is -2.11. The molecule has 2 aromatic rings. The second-order valence-electron chi connectivity index (χ2n) is 5.93. The molecule has 2 rings (SSSR count). The number of hydrogen-bond donors (Lipinski definition) is 1. The molecule has 0 spiro atoms. The van der Waals surface area contributed by atoms with E-state index in [1.165, 1.54) is 6.07 Å². The molecule has 0 fully saturated rings. The minimum atomic E-state index is -0.314. The first kappa shape index (κ1) is 16.5. The van der Waals surface area contributed by atoms with Crippen LogP contribution in [0, 0.1) is 5.82 Å². The molecule has 120 valence electrons. The van der Waals surface area contributed by atoms with Crippen molar-refractivity contribution in [2.45, 2.75) is 59.5 Å². The maximum atomic E-state index is 14.6. The van der Waals surface area contributed by atoms with Crippen LogP contribution in [-0.2, 0) is 6.54 Å². The summed E-state index contributed by atoms with van der Waals surface area (Å²) in [7, 11) is 0. The number of halogens is 1. The Balaban J connectivity index is 2.49. The number of nitrogens with one attached hydrogen (secondary N) is 1. The number of aryl methyl sites for hydroxylation is 1. The van der Waals surface area contributed by atoms with Crippen molar-refractivity contribution in [1.29, 1.82) is 0 Å². The van der Waals surface area contributed by atoms with Crippen molar-refractivity contribution >= 4 is 5.69 Å². The lowest BCUT2D eigenvalue weighted by atomic mass is 9.97. The van der Waals surface area contributed by atoms with E-state index in [0.29, 0.717) is 23.8 Å². The second kappa shape index (κ2) is 6.90. The van der Waals surface area contributed by atoms with Gasteiger partial charge in [-0.1, -0.05) is 13.8 Å². The SMILES string of the molecule is CCC(C)c1cnn(CC)c1-c1ncc(NC(C)C)cc1F. The van der Waals surface area contributed by atoms with Crippen molar-refractivity contribution in [3.05, 3.63) is 29.8 Å². The number of pyridine rings is 1. The molecule has 0 radical (unpaired) electrons. The molecule has 0 amide bonds. The van der Waals surface area contributed by atoms with Crippen LogP contribution in [0.25, 0.3) is 11.4 Å². The van der Waals surface area contributed by atoms with Crippen LogP contribution in [0.5, 0.6) is 0 Å². The summed E-state index contributed by atoms with van der Waals surface area (Å²) in [4.78, 5) is 4.36. The van der Waals surface area contributed by atoms with Crippen LogP contribution in [0.2, 0.25) is 0 Å². The largest absolute Gasteiger partial charge is 0.382 e. The number of anilines is 1. The van der Waals surface area contributed by atoms with Gasteiger partial charge in [0.25, 0.3) is 0 Å². The van der Waals surface area contributed by atoms with Crippen LogP contribution in [-0.4, -0.2) is 20.8 Å². The fourth-order valence-electron chi connectivity index (χ4n) is 2.50. The van der Waals surface area contributed by atoms with Crippen LogP contribution in [0.1, 0.15) is 52.5 Å². The Morgan fingerprint density at radius 1 is 1.23 bits per heavy atom. The van der Waals surface area contributed by atoms with Gasteiger partial charge in [-0.3, -0.25) is 4.68 Å². The van der Waals surface area contributed by atoms with Crippen LogP contribution in [0.3, 0.4) is 0 Å². The fourth-order valence-corrected chi connectivity index (χ4v) is 2.50. The van der Waals surface area contributed by atoms with Crippen LogP contribution < -0.4 is 5.32 Å². The van der Waals surface area contributed by atoms with Gasteiger partial charge in [0, 0.05) is 24.2 Å². The summed E-state index contributed by atoms with van der Waals surface area (Å²) in [6.45, 7) is 11.0. The Morgan fingerprint density at radius 3 is 2.50 bits per heavy atom. The van der Waals surface area contributed by atoms with Crippen LogP contribution in [0.15, 0.2) is 18.5 Å². The van der Waals surface area contributed by atoms with Gasteiger partial charge in [-0.25, -0.2) is 9.37 Å². The van der Waals surface area contributed by atoms with Crippen molar-refractivity contribution in [2.24, 2.45) is 0 Å². The van der Waals surface area contributed by atoms with Gasteiger partial charge >= 0.3 is 0 Å². The van der Waals surface area contributed by atoms with E-state index in [9.17, 15) is 4.39 Å². The maximum absolute atomic E-state index is 14.6. The van der Waals surface area contributed by atoms with Gasteiger partial charge in [0.2, 0.25) is 0 Å². The zero-order valence-corrected chi connectivity index (χ0v) is 14.0. The molecular weight excluding hydrogens is 279 g/mol. The Hall–Kier alpha value is -1.91. The molecule has 0 aliphatic rings. The number of aromatic nitrogens is 3. The lowest BCUT2D eigenvalue weighted by molar-refractivity contribution is 0.613. The van der Waals surface area contributed by atoms with Crippen molar-refractivity contribution in [3.63, 3.8) is 0 Å². The van der Waals surface area contributed by atoms with E-state index in [2.05, 4.69) is 29.2 Å². The Labute approximate surface area is 131 Å². The summed E-state index contributed by atoms with van der Waals surface area (Å²) >= 11 is 0. The van der Waals surface area contributed by atoms with Gasteiger partial charge in [-0.05, 0) is 33.1 Å². The molecule has 0 aliphatic carbocycles. The molecule has 1 atom stereocenters. The van der Waals surface area contributed by atoms with Crippen LogP contribution in [0.4, 0.5) is 10.1 Å². The average Bonchev–Trinajstić information content (AvgIpc) is 2.89. The fraction of sp³-hybridized carbons (Fsp3) is 0.529. The minimum absolute atomic E-state index is 0.240. The maximum Gasteiger partial charge on any atom is 0.153 e. The first-order chi connectivity index (χ1) is 10.5. The van der Waals surface area contributed by atoms with Crippen molar-refractivity contribution in [3.8, 4) is 11.4 Å². The summed E-state index contributed by atoms with van der Waals surface area (Å²) < 4.78 is 16.4. The number of rotatable bonds is 6. The summed E-state index contributed by atoms with van der Waals surface area (Å²) in [6, 6.07) is 1.75. The zero-order valence-electron chi connectivity index (χ0n) is 14.0. The standard InChI is InChI=1S/C17H25FN4/c1-6-12(5)14-10-20-22(7-2)17(14)16-15(18)8-13(9-19-16)21-11(3)4/h8-12,21H,6-7H2,1-5H3. The predicted molar refractivity (Wildman–Crippen MR) is 88.6 cm³/mol. The summed E-state index contributed by atoms with van der Waals surface area (Å²) in [5.74, 6) is 0.00960. The minimum Gasteiger partial charge on any atom is -0.382 e. The number of nitrogens with zero attached hydrogens (tertiary/aromatic N) is 3. The molecular formula is C17H25FN4. The van der Waals surface area contributed by atoms with Gasteiger partial charge in [-0.15, -0.1) is 0 Å². The predicted octanol–water partition coefficient (Wildman–Crippen LogP) is 4.44. The van der Waals surface area contributed by atoms with Gasteiger partial charge in [-0.2, -0.15) is 5.10 Å². The molecule has 5 heteroatoms. The van der Waals surface area contributed by atoms with Crippen molar-refractivity contribution in [2.75, 3.05) is 5.32 Å². The third-order valence-electron chi connectivity index (χ3n) is 3.83. The molecule has 0 aromatic carbocycles. The molecule has 0 saturated heterocycles. The van der Waals surface area contributed by atoms with Crippen molar-refractivity contribution in [1.82, 2.24) is 14.8 Å². The average molecular weight is 304 g/mol. The summed E-state index contributed by atoms with van der Waals surface area (Å²) in [5.41, 5.74) is 2.93. The molecule has 1 N–H and O–H groups in total. The van der Waals surface area contributed by atoms with Crippen LogP contribution >= 0.6 is 0 Å². The molecule has 22 heavy (non-hydrogen) atoms. The highest BCUT2D eigenvalue weighted by Gasteiger charge is 2.20. The highest BCUT2D eigenvalue weighted by molar-refractivity contribution is 5.63. The third kappa shape index (κ3) is 3.29. The van der Waals surface area contributed by atoms with Gasteiger partial charge in [0.1, 0.15) is 5.69 Å². The molecule has 0 bridgehead atoms. The molecule has 2 heterocycles. The van der Waals surface area contributed by atoms with Gasteiger partial charge < -0.3 is 5.32 Å². The van der Waals surface area contributed by atoms with E-state index in [1.54, 1.807) is 6.20 Å². The zero-order chi connectivity index (χ0) is 16.3. The van der Waals surface area contributed by atoms with Crippen molar-refractivity contribution < 1.29 is 4.39 Å². The van der Waals surface area contributed by atoms with E-state index in [4.69, 9.17) is 0 Å². The summed E-state index contributed by atoms with van der Waals surface area (Å²) in [5, 5.41) is 7.56. The first-order valence-electron chi connectivity index (χ1n) is 7.96. The van der Waals surface area contributed by atoms with E-state index in [0.717, 1.165) is 17.7 Å². The molecule has 0 saturated carbocycles. The normalized spacial score (nSPS) is 12.7. The Kier molecular flexibility index (Phi) is 5.16. The highest BCUT2D eigenvalue weighted by atomic mass is 19.1. The molecule has 1 unspecified atom stereocenters. The van der Waals surface area contributed by atoms with E-state index in [-0.39, 0.29) is 11.9 Å². The highest BCUT2D eigenvalue weighted by Crippen LogP contribution is 2.32. The van der Waals surface area contributed by atoms with E-state index in [1.807, 2.05) is 31.6 Å². The molecule has 0 aliphatic heterocycles. The Morgan fingerprint density at radius 2 is 1.95 bits per heavy atom. The topological polar surface area (TPSA) is 42.7 Å². The number of hydrogen-bond acceptors (Lipinski definition) is 3. The smallest absolute Gasteiger partial charge is 0.153 e. The first-order valence-corrected chi connectivity index (χ1v) is 7.96. The molecule has 2 aromatic heterocycles. The quantitative estimate of drug-likeness (QED) is 0.858. The van der Waals surface area contributed by atoms with E-state index < -0.39 is 0 Å². The van der Waals surface area contributed by atoms with Gasteiger partial charge in [0.05, 0.1) is 23.8 Å². The van der Waals surface area contributed by atoms with Gasteiger partial charge in [0.15, 0.2) is 5.82 Å². The monoisotopic (exact) mass is 304 g/mol. The third-order valence-corrected chi connectivity index (χ3v) is 3.83. The Bertz CT molecular complexity index is 634. The van der Waals surface area contributed by atoms with E-state index >= 15 is 0 Å². The second-order valence-corrected chi connectivity index (χ2v) is 5.93. The summed E-state index contributed by atoms with van der Waals surface area (Å²) in [6.07, 6.45) is 4.51.